The fraction of sp³-hybridized carbons (Fsp3) is 0.474. The third-order valence-electron chi connectivity index (χ3n) is 5.31. The normalized spacial score (nSPS) is 21.7. The second-order valence-electron chi connectivity index (χ2n) is 7.45. The van der Waals surface area contributed by atoms with Crippen LogP contribution in [0.3, 0.4) is 0 Å². The van der Waals surface area contributed by atoms with Crippen LogP contribution in [0.15, 0.2) is 30.3 Å². The summed E-state index contributed by atoms with van der Waals surface area (Å²) in [5.41, 5.74) is 3.57. The first kappa shape index (κ1) is 17.3. The molecule has 1 amide bonds. The average Bonchev–Trinajstić information content (AvgIpc) is 3.26. The zero-order chi connectivity index (χ0) is 18.5. The monoisotopic (exact) mass is 373 g/mol. The fourth-order valence-electron chi connectivity index (χ4n) is 3.49. The van der Waals surface area contributed by atoms with E-state index in [9.17, 15) is 13.2 Å². The van der Waals surface area contributed by atoms with Crippen LogP contribution < -0.4 is 0 Å². The van der Waals surface area contributed by atoms with Gasteiger partial charge in [-0.3, -0.25) is 4.79 Å². The number of amides is 1. The average molecular weight is 373 g/mol. The van der Waals surface area contributed by atoms with Crippen LogP contribution in [0.25, 0.3) is 5.69 Å². The van der Waals surface area contributed by atoms with Crippen molar-refractivity contribution in [3.63, 3.8) is 0 Å². The van der Waals surface area contributed by atoms with Crippen molar-refractivity contribution in [2.75, 3.05) is 18.6 Å². The van der Waals surface area contributed by atoms with E-state index in [0.29, 0.717) is 18.0 Å². The maximum absolute atomic E-state index is 12.9. The van der Waals surface area contributed by atoms with Crippen LogP contribution in [0.1, 0.15) is 46.9 Å². The van der Waals surface area contributed by atoms with Gasteiger partial charge in [0, 0.05) is 24.7 Å². The van der Waals surface area contributed by atoms with Crippen molar-refractivity contribution in [3.8, 4) is 5.69 Å². The van der Waals surface area contributed by atoms with Crippen molar-refractivity contribution >= 4 is 15.7 Å². The van der Waals surface area contributed by atoms with Crippen LogP contribution in [0.4, 0.5) is 0 Å². The number of carbonyl (C=O) groups is 1. The lowest BCUT2D eigenvalue weighted by Gasteiger charge is -2.22. The summed E-state index contributed by atoms with van der Waals surface area (Å²) in [4.78, 5) is 14.4. The lowest BCUT2D eigenvalue weighted by Crippen LogP contribution is -2.38. The molecule has 2 fully saturated rings. The Morgan fingerprint density at radius 3 is 2.46 bits per heavy atom. The number of sulfone groups is 1. The van der Waals surface area contributed by atoms with Crippen molar-refractivity contribution in [1.29, 1.82) is 0 Å². The molecular formula is C19H23N3O3S. The summed E-state index contributed by atoms with van der Waals surface area (Å²) in [6.45, 7) is 2.04. The Morgan fingerprint density at radius 2 is 1.88 bits per heavy atom. The minimum absolute atomic E-state index is 0.0450. The maximum atomic E-state index is 12.9. The van der Waals surface area contributed by atoms with Crippen LogP contribution in [-0.4, -0.2) is 53.6 Å². The van der Waals surface area contributed by atoms with Gasteiger partial charge in [-0.2, -0.15) is 5.10 Å². The van der Waals surface area contributed by atoms with E-state index >= 15 is 0 Å². The summed E-state index contributed by atoms with van der Waals surface area (Å²) in [6.07, 6.45) is 2.72. The highest BCUT2D eigenvalue weighted by molar-refractivity contribution is 7.91. The molecule has 0 spiro atoms. The van der Waals surface area contributed by atoms with E-state index in [4.69, 9.17) is 0 Å². The zero-order valence-corrected chi connectivity index (χ0v) is 15.9. The number of hydrogen-bond acceptors (Lipinski definition) is 4. The molecule has 1 atom stereocenters. The molecule has 2 aromatic rings. The number of aromatic nitrogens is 2. The molecule has 1 saturated carbocycles. The molecule has 1 aliphatic carbocycles. The second-order valence-corrected chi connectivity index (χ2v) is 9.68. The number of nitrogens with zero attached hydrogens (tertiary/aromatic N) is 3. The van der Waals surface area contributed by atoms with Gasteiger partial charge in [-0.1, -0.05) is 17.7 Å². The molecule has 1 aromatic carbocycles. The molecule has 26 heavy (non-hydrogen) atoms. The first-order chi connectivity index (χ1) is 12.3. The molecule has 1 aromatic heterocycles. The van der Waals surface area contributed by atoms with E-state index in [1.807, 2.05) is 41.9 Å². The Labute approximate surface area is 153 Å². The van der Waals surface area contributed by atoms with Crippen molar-refractivity contribution in [3.05, 3.63) is 47.3 Å². The van der Waals surface area contributed by atoms with Crippen LogP contribution >= 0.6 is 0 Å². The highest BCUT2D eigenvalue weighted by Crippen LogP contribution is 2.41. The Morgan fingerprint density at radius 1 is 1.19 bits per heavy atom. The summed E-state index contributed by atoms with van der Waals surface area (Å²) >= 11 is 0. The van der Waals surface area contributed by atoms with Crippen LogP contribution in [0.2, 0.25) is 0 Å². The third-order valence-corrected chi connectivity index (χ3v) is 7.06. The molecule has 2 heterocycles. The van der Waals surface area contributed by atoms with Crippen LogP contribution in [0.5, 0.6) is 0 Å². The maximum Gasteiger partial charge on any atom is 0.274 e. The molecule has 1 unspecified atom stereocenters. The standard InChI is InChI=1S/C19H23N3O3S/c1-13-3-7-15(8-4-13)22-18(14-5-6-14)11-17(20-22)19(23)21(2)16-9-10-26(24,25)12-16/h3-4,7-8,11,14,16H,5-6,9-10,12H2,1-2H3. The minimum Gasteiger partial charge on any atom is -0.336 e. The van der Waals surface area contributed by atoms with Gasteiger partial charge in [-0.25, -0.2) is 13.1 Å². The van der Waals surface area contributed by atoms with E-state index in [1.165, 1.54) is 5.56 Å². The summed E-state index contributed by atoms with van der Waals surface area (Å²) < 4.78 is 25.3. The van der Waals surface area contributed by atoms with Gasteiger partial charge in [-0.05, 0) is 44.4 Å². The molecule has 6 nitrogen and oxygen atoms in total. The minimum atomic E-state index is -3.03. The summed E-state index contributed by atoms with van der Waals surface area (Å²) in [6, 6.07) is 9.70. The highest BCUT2D eigenvalue weighted by Gasteiger charge is 2.35. The number of aryl methyl sites for hydroxylation is 1. The first-order valence-corrected chi connectivity index (χ1v) is 10.8. The van der Waals surface area contributed by atoms with Gasteiger partial charge in [0.15, 0.2) is 15.5 Å². The van der Waals surface area contributed by atoms with E-state index in [-0.39, 0.29) is 23.5 Å². The lowest BCUT2D eigenvalue weighted by molar-refractivity contribution is 0.0741. The molecule has 0 radical (unpaired) electrons. The molecule has 2 aliphatic rings. The van der Waals surface area contributed by atoms with Crippen LogP contribution in [-0.2, 0) is 9.84 Å². The molecule has 138 valence electrons. The molecule has 0 N–H and O–H groups in total. The Balaban J connectivity index is 1.63. The molecule has 7 heteroatoms. The number of hydrogen-bond donors (Lipinski definition) is 0. The van der Waals surface area contributed by atoms with Crippen LogP contribution in [0, 0.1) is 6.92 Å². The molecule has 4 rings (SSSR count). The number of rotatable bonds is 4. The summed E-state index contributed by atoms with van der Waals surface area (Å²) in [7, 11) is -1.35. The van der Waals surface area contributed by atoms with Gasteiger partial charge < -0.3 is 4.90 Å². The molecule has 0 bridgehead atoms. The predicted octanol–water partition coefficient (Wildman–Crippen LogP) is 2.32. The molecule has 1 aliphatic heterocycles. The van der Waals surface area contributed by atoms with Crippen molar-refractivity contribution in [2.24, 2.45) is 0 Å². The molecular weight excluding hydrogens is 350 g/mol. The van der Waals surface area contributed by atoms with Gasteiger partial charge in [0.1, 0.15) is 0 Å². The van der Waals surface area contributed by atoms with Crippen molar-refractivity contribution in [1.82, 2.24) is 14.7 Å². The zero-order valence-electron chi connectivity index (χ0n) is 15.1. The SMILES string of the molecule is Cc1ccc(-n2nc(C(=O)N(C)C3CCS(=O)(=O)C3)cc2C2CC2)cc1. The van der Waals surface area contributed by atoms with Gasteiger partial charge in [0.05, 0.1) is 17.2 Å². The summed E-state index contributed by atoms with van der Waals surface area (Å²) in [5, 5.41) is 4.58. The van der Waals surface area contributed by atoms with E-state index in [0.717, 1.165) is 24.2 Å². The van der Waals surface area contributed by atoms with Crippen molar-refractivity contribution < 1.29 is 13.2 Å². The second kappa shape index (κ2) is 6.23. The van der Waals surface area contributed by atoms with Gasteiger partial charge in [0.2, 0.25) is 0 Å². The van der Waals surface area contributed by atoms with E-state index < -0.39 is 9.84 Å². The topological polar surface area (TPSA) is 72.3 Å². The first-order valence-electron chi connectivity index (χ1n) is 8.99. The fourth-order valence-corrected chi connectivity index (χ4v) is 5.26. The largest absolute Gasteiger partial charge is 0.336 e. The van der Waals surface area contributed by atoms with Gasteiger partial charge >= 0.3 is 0 Å². The van der Waals surface area contributed by atoms with Gasteiger partial charge in [0.25, 0.3) is 5.91 Å². The highest BCUT2D eigenvalue weighted by atomic mass is 32.2. The number of benzene rings is 1. The summed E-state index contributed by atoms with van der Waals surface area (Å²) in [5.74, 6) is 0.437. The Kier molecular flexibility index (Phi) is 4.14. The third kappa shape index (κ3) is 3.28. The Hall–Kier alpha value is -2.15. The quantitative estimate of drug-likeness (QED) is 0.824. The van der Waals surface area contributed by atoms with Crippen molar-refractivity contribution in [2.45, 2.75) is 38.1 Å². The van der Waals surface area contributed by atoms with E-state index in [1.54, 1.807) is 11.9 Å². The lowest BCUT2D eigenvalue weighted by atomic mass is 10.2. The number of carbonyl (C=O) groups excluding carboxylic acids is 1. The molecule has 1 saturated heterocycles. The van der Waals surface area contributed by atoms with Gasteiger partial charge in [-0.15, -0.1) is 0 Å². The smallest absolute Gasteiger partial charge is 0.274 e. The predicted molar refractivity (Wildman–Crippen MR) is 99.4 cm³/mol. The van der Waals surface area contributed by atoms with E-state index in [2.05, 4.69) is 5.10 Å². The Bertz CT molecular complexity index is 943.